The zero-order chi connectivity index (χ0) is 14.0. The van der Waals surface area contributed by atoms with E-state index in [4.69, 9.17) is 0 Å². The second kappa shape index (κ2) is 5.05. The highest BCUT2D eigenvalue weighted by molar-refractivity contribution is 5.41. The summed E-state index contributed by atoms with van der Waals surface area (Å²) in [6.07, 6.45) is -3.48. The Hall–Kier alpha value is -1.82. The molecule has 1 aromatic heterocycles. The Morgan fingerprint density at radius 2 is 1.95 bits per heavy atom. The molecule has 1 unspecified atom stereocenters. The minimum atomic E-state index is -4.47. The van der Waals surface area contributed by atoms with E-state index in [9.17, 15) is 18.3 Å². The van der Waals surface area contributed by atoms with Gasteiger partial charge in [-0.2, -0.15) is 18.3 Å². The van der Waals surface area contributed by atoms with Crippen molar-refractivity contribution in [3.63, 3.8) is 0 Å². The van der Waals surface area contributed by atoms with Crippen LogP contribution in [0.5, 0.6) is 0 Å². The van der Waals surface area contributed by atoms with Gasteiger partial charge >= 0.3 is 6.18 Å². The molecule has 1 atom stereocenters. The fourth-order valence-electron chi connectivity index (χ4n) is 1.81. The van der Waals surface area contributed by atoms with Gasteiger partial charge in [0.05, 0.1) is 11.8 Å². The smallest absolute Gasteiger partial charge is 0.388 e. The Balaban J connectivity index is 2.45. The van der Waals surface area contributed by atoms with Gasteiger partial charge in [0.1, 0.15) is 0 Å². The Kier molecular flexibility index (Phi) is 3.61. The van der Waals surface area contributed by atoms with E-state index in [2.05, 4.69) is 5.10 Å². The van der Waals surface area contributed by atoms with Crippen molar-refractivity contribution in [2.45, 2.75) is 25.6 Å². The number of nitrogens with zero attached hydrogens (tertiary/aromatic N) is 2. The number of benzene rings is 1. The van der Waals surface area contributed by atoms with Crippen LogP contribution in [0.1, 0.15) is 30.7 Å². The van der Waals surface area contributed by atoms with Gasteiger partial charge in [-0.05, 0) is 18.6 Å². The van der Waals surface area contributed by atoms with Crippen LogP contribution < -0.4 is 0 Å². The summed E-state index contributed by atoms with van der Waals surface area (Å²) in [5.74, 6) is 0. The lowest BCUT2D eigenvalue weighted by atomic mass is 10.1. The molecule has 6 heteroatoms. The first-order chi connectivity index (χ1) is 8.93. The summed E-state index contributed by atoms with van der Waals surface area (Å²) in [6.45, 7) is 1.80. The number of rotatable bonds is 3. The van der Waals surface area contributed by atoms with Gasteiger partial charge in [-0.25, -0.2) is 4.68 Å². The molecule has 0 amide bonds. The molecule has 0 spiro atoms. The van der Waals surface area contributed by atoms with Gasteiger partial charge in [-0.3, -0.25) is 0 Å². The lowest BCUT2D eigenvalue weighted by molar-refractivity contribution is -0.141. The number of halogens is 3. The maximum atomic E-state index is 12.5. The molecule has 0 aliphatic heterocycles. The zero-order valence-electron chi connectivity index (χ0n) is 10.2. The first-order valence-corrected chi connectivity index (χ1v) is 5.83. The van der Waals surface area contributed by atoms with Crippen molar-refractivity contribution in [1.29, 1.82) is 0 Å². The van der Waals surface area contributed by atoms with E-state index in [0.717, 1.165) is 10.7 Å². The minimum absolute atomic E-state index is 0.451. The molecule has 2 aromatic rings. The van der Waals surface area contributed by atoms with Gasteiger partial charge < -0.3 is 5.11 Å². The molecule has 19 heavy (non-hydrogen) atoms. The number of aliphatic hydroxyl groups excluding tert-OH is 1. The van der Waals surface area contributed by atoms with E-state index >= 15 is 0 Å². The third-order valence-electron chi connectivity index (χ3n) is 2.81. The molecule has 2 rings (SSSR count). The Morgan fingerprint density at radius 3 is 2.53 bits per heavy atom. The van der Waals surface area contributed by atoms with E-state index in [1.807, 2.05) is 0 Å². The highest BCUT2D eigenvalue weighted by Crippen LogP contribution is 2.29. The molecule has 0 saturated carbocycles. The van der Waals surface area contributed by atoms with Crippen LogP contribution >= 0.6 is 0 Å². The topological polar surface area (TPSA) is 38.0 Å². The third kappa shape index (κ3) is 2.78. The number of hydrogen-bond donors (Lipinski definition) is 1. The fraction of sp³-hybridized carbons (Fsp3) is 0.308. The van der Waals surface area contributed by atoms with Crippen LogP contribution in [0.25, 0.3) is 5.69 Å². The fourth-order valence-corrected chi connectivity index (χ4v) is 1.81. The van der Waals surface area contributed by atoms with Crippen molar-refractivity contribution < 1.29 is 18.3 Å². The molecule has 0 bridgehead atoms. The van der Waals surface area contributed by atoms with Crippen molar-refractivity contribution in [2.75, 3.05) is 0 Å². The normalized spacial score (nSPS) is 13.5. The van der Waals surface area contributed by atoms with Crippen molar-refractivity contribution in [1.82, 2.24) is 9.78 Å². The summed E-state index contributed by atoms with van der Waals surface area (Å²) in [5, 5.41) is 13.4. The van der Waals surface area contributed by atoms with Gasteiger partial charge in [-0.1, -0.05) is 25.1 Å². The summed E-state index contributed by atoms with van der Waals surface area (Å²) in [4.78, 5) is 0. The van der Waals surface area contributed by atoms with Gasteiger partial charge in [0.25, 0.3) is 0 Å². The van der Waals surface area contributed by atoms with Crippen LogP contribution in [0.4, 0.5) is 13.2 Å². The van der Waals surface area contributed by atoms with Crippen LogP contribution in [0.2, 0.25) is 0 Å². The van der Waals surface area contributed by atoms with Crippen molar-refractivity contribution in [3.8, 4) is 5.69 Å². The predicted molar refractivity (Wildman–Crippen MR) is 63.8 cm³/mol. The van der Waals surface area contributed by atoms with E-state index in [1.54, 1.807) is 31.2 Å². The highest BCUT2D eigenvalue weighted by Gasteiger charge is 2.33. The Labute approximate surface area is 108 Å². The number of aliphatic hydroxyl groups is 1. The third-order valence-corrected chi connectivity index (χ3v) is 2.81. The van der Waals surface area contributed by atoms with Gasteiger partial charge in [0.2, 0.25) is 0 Å². The van der Waals surface area contributed by atoms with Gasteiger partial charge in [0, 0.05) is 11.8 Å². The zero-order valence-corrected chi connectivity index (χ0v) is 10.2. The van der Waals surface area contributed by atoms with Crippen LogP contribution in [0.3, 0.4) is 0 Å². The number of para-hydroxylation sites is 1. The highest BCUT2D eigenvalue weighted by atomic mass is 19.4. The maximum Gasteiger partial charge on any atom is 0.435 e. The molecular weight excluding hydrogens is 257 g/mol. The standard InChI is InChI=1S/C13H13F3N2O/c1-2-11(19)9-5-3-4-6-10(9)18-8-7-12(17-18)13(14,15)16/h3-8,11,19H,2H2,1H3. The van der Waals surface area contributed by atoms with E-state index in [0.29, 0.717) is 17.7 Å². The lowest BCUT2D eigenvalue weighted by Crippen LogP contribution is -2.09. The second-order valence-electron chi connectivity index (χ2n) is 4.13. The summed E-state index contributed by atoms with van der Waals surface area (Å²) < 4.78 is 38.7. The quantitative estimate of drug-likeness (QED) is 0.929. The molecule has 0 saturated heterocycles. The lowest BCUT2D eigenvalue weighted by Gasteiger charge is -2.13. The average Bonchev–Trinajstić information content (AvgIpc) is 2.87. The molecule has 1 heterocycles. The van der Waals surface area contributed by atoms with Crippen LogP contribution in [0.15, 0.2) is 36.5 Å². The molecule has 0 radical (unpaired) electrons. The summed E-state index contributed by atoms with van der Waals surface area (Å²) in [6, 6.07) is 7.64. The molecule has 0 fully saturated rings. The molecule has 0 aliphatic carbocycles. The second-order valence-corrected chi connectivity index (χ2v) is 4.13. The molecule has 0 aliphatic rings. The molecule has 3 nitrogen and oxygen atoms in total. The van der Waals surface area contributed by atoms with Gasteiger partial charge in [-0.15, -0.1) is 0 Å². The summed E-state index contributed by atoms with van der Waals surface area (Å²) in [5.41, 5.74) is 0.0578. The number of hydrogen-bond acceptors (Lipinski definition) is 2. The Bertz CT molecular complexity index is 563. The van der Waals surface area contributed by atoms with Crippen LogP contribution in [-0.4, -0.2) is 14.9 Å². The SMILES string of the molecule is CCC(O)c1ccccc1-n1ccc(C(F)(F)F)n1. The van der Waals surface area contributed by atoms with E-state index < -0.39 is 18.0 Å². The van der Waals surface area contributed by atoms with Crippen LogP contribution in [0, 0.1) is 0 Å². The first kappa shape index (κ1) is 13.6. The largest absolute Gasteiger partial charge is 0.435 e. The average molecular weight is 270 g/mol. The Morgan fingerprint density at radius 1 is 1.26 bits per heavy atom. The van der Waals surface area contributed by atoms with Crippen molar-refractivity contribution in [3.05, 3.63) is 47.8 Å². The molecule has 102 valence electrons. The molecule has 1 aromatic carbocycles. The molecule has 1 N–H and O–H groups in total. The monoisotopic (exact) mass is 270 g/mol. The number of aromatic nitrogens is 2. The van der Waals surface area contributed by atoms with Gasteiger partial charge in [0.15, 0.2) is 5.69 Å². The van der Waals surface area contributed by atoms with Crippen molar-refractivity contribution in [2.24, 2.45) is 0 Å². The summed E-state index contributed by atoms with van der Waals surface area (Å²) >= 11 is 0. The predicted octanol–water partition coefficient (Wildman–Crippen LogP) is 3.33. The first-order valence-electron chi connectivity index (χ1n) is 5.83. The molecular formula is C13H13F3N2O. The van der Waals surface area contributed by atoms with Crippen molar-refractivity contribution >= 4 is 0 Å². The van der Waals surface area contributed by atoms with E-state index in [1.165, 1.54) is 6.20 Å². The summed E-state index contributed by atoms with van der Waals surface area (Å²) in [7, 11) is 0. The van der Waals surface area contributed by atoms with E-state index in [-0.39, 0.29) is 0 Å². The van der Waals surface area contributed by atoms with Crippen LogP contribution in [-0.2, 0) is 6.18 Å². The maximum absolute atomic E-state index is 12.5. The minimum Gasteiger partial charge on any atom is -0.388 e. The number of alkyl halides is 3.